The van der Waals surface area contributed by atoms with Gasteiger partial charge >= 0.3 is 6.18 Å². The molecule has 0 aliphatic heterocycles. The van der Waals surface area contributed by atoms with Crippen molar-refractivity contribution in [3.8, 4) is 11.5 Å². The summed E-state index contributed by atoms with van der Waals surface area (Å²) in [6.07, 6.45) is -4.55. The van der Waals surface area contributed by atoms with E-state index in [9.17, 15) is 13.2 Å². The zero-order valence-electron chi connectivity index (χ0n) is 11.4. The quantitative estimate of drug-likeness (QED) is 0.818. The fraction of sp³-hybridized carbons (Fsp3) is 0.357. The normalized spacial score (nSPS) is 11.7. The van der Waals surface area contributed by atoms with E-state index in [1.165, 1.54) is 6.07 Å². The van der Waals surface area contributed by atoms with Crippen LogP contribution >= 0.6 is 11.6 Å². The minimum Gasteiger partial charge on any atom is -0.490 e. The van der Waals surface area contributed by atoms with Crippen LogP contribution in [0, 0.1) is 0 Å². The third-order valence-electron chi connectivity index (χ3n) is 2.71. The van der Waals surface area contributed by atoms with Crippen LogP contribution in [0.2, 0.25) is 5.02 Å². The van der Waals surface area contributed by atoms with Crippen molar-refractivity contribution >= 4 is 22.5 Å². The molecule has 0 amide bonds. The molecule has 0 aliphatic rings. The molecule has 1 heterocycles. The van der Waals surface area contributed by atoms with Crippen LogP contribution in [0.25, 0.3) is 10.9 Å². The number of nitrogens with zero attached hydrogens (tertiary/aromatic N) is 1. The Morgan fingerprint density at radius 1 is 1.05 bits per heavy atom. The van der Waals surface area contributed by atoms with Gasteiger partial charge < -0.3 is 9.47 Å². The van der Waals surface area contributed by atoms with Crippen LogP contribution in [0.4, 0.5) is 13.2 Å². The van der Waals surface area contributed by atoms with Crippen LogP contribution in [0.3, 0.4) is 0 Å². The van der Waals surface area contributed by atoms with Gasteiger partial charge in [-0.25, -0.2) is 4.98 Å². The highest BCUT2D eigenvalue weighted by molar-refractivity contribution is 6.35. The predicted molar refractivity (Wildman–Crippen MR) is 74.1 cm³/mol. The van der Waals surface area contributed by atoms with Gasteiger partial charge in [0.1, 0.15) is 5.69 Å². The molecular formula is C14H13ClF3NO2. The molecule has 0 saturated heterocycles. The largest absolute Gasteiger partial charge is 0.490 e. The van der Waals surface area contributed by atoms with Gasteiger partial charge in [-0.1, -0.05) is 11.6 Å². The van der Waals surface area contributed by atoms with Crippen molar-refractivity contribution < 1.29 is 22.6 Å². The first-order chi connectivity index (χ1) is 9.86. The monoisotopic (exact) mass is 319 g/mol. The predicted octanol–water partition coefficient (Wildman–Crippen LogP) is 4.70. The number of aromatic nitrogens is 1. The zero-order valence-corrected chi connectivity index (χ0v) is 12.2. The molecule has 1 aromatic heterocycles. The third-order valence-corrected chi connectivity index (χ3v) is 3.03. The number of halogens is 4. The number of pyridine rings is 1. The molecule has 1 aromatic carbocycles. The fourth-order valence-corrected chi connectivity index (χ4v) is 2.13. The van der Waals surface area contributed by atoms with E-state index in [1.54, 1.807) is 19.9 Å². The van der Waals surface area contributed by atoms with Crippen LogP contribution in [0.5, 0.6) is 11.5 Å². The number of benzene rings is 1. The molecule has 114 valence electrons. The summed E-state index contributed by atoms with van der Waals surface area (Å²) in [6.45, 7) is 4.33. The number of hydrogen-bond acceptors (Lipinski definition) is 3. The Kier molecular flexibility index (Phi) is 4.46. The Labute approximate surface area is 124 Å². The van der Waals surface area contributed by atoms with Crippen molar-refractivity contribution in [3.63, 3.8) is 0 Å². The van der Waals surface area contributed by atoms with Gasteiger partial charge in [-0.2, -0.15) is 13.2 Å². The van der Waals surface area contributed by atoms with E-state index < -0.39 is 11.9 Å². The summed E-state index contributed by atoms with van der Waals surface area (Å²) in [4.78, 5) is 3.61. The molecule has 0 atom stereocenters. The molecule has 21 heavy (non-hydrogen) atoms. The Bertz CT molecular complexity index is 659. The van der Waals surface area contributed by atoms with Gasteiger partial charge in [0, 0.05) is 11.5 Å². The van der Waals surface area contributed by atoms with Crippen LogP contribution in [-0.2, 0) is 6.18 Å². The molecule has 7 heteroatoms. The summed E-state index contributed by atoms with van der Waals surface area (Å²) in [7, 11) is 0. The van der Waals surface area contributed by atoms with E-state index in [1.807, 2.05) is 0 Å². The SMILES string of the molecule is CCOc1cc2nc(C(F)(F)F)cc(Cl)c2cc1OCC. The average Bonchev–Trinajstić information content (AvgIpc) is 2.39. The molecular weight excluding hydrogens is 307 g/mol. The number of hydrogen-bond donors (Lipinski definition) is 0. The summed E-state index contributed by atoms with van der Waals surface area (Å²) in [5, 5.41) is 0.355. The first-order valence-electron chi connectivity index (χ1n) is 6.34. The second-order valence-corrected chi connectivity index (χ2v) is 4.58. The molecule has 0 N–H and O–H groups in total. The van der Waals surface area contributed by atoms with Gasteiger partial charge in [-0.15, -0.1) is 0 Å². The van der Waals surface area contributed by atoms with E-state index in [0.29, 0.717) is 30.1 Å². The van der Waals surface area contributed by atoms with Gasteiger partial charge in [0.05, 0.1) is 23.8 Å². The maximum absolute atomic E-state index is 12.8. The second-order valence-electron chi connectivity index (χ2n) is 4.17. The molecule has 0 spiro atoms. The van der Waals surface area contributed by atoms with Crippen molar-refractivity contribution in [2.24, 2.45) is 0 Å². The molecule has 2 rings (SSSR count). The molecule has 0 fully saturated rings. The van der Waals surface area contributed by atoms with Gasteiger partial charge in [0.25, 0.3) is 0 Å². The van der Waals surface area contributed by atoms with Crippen LogP contribution in [0.15, 0.2) is 18.2 Å². The van der Waals surface area contributed by atoms with E-state index in [2.05, 4.69) is 4.98 Å². The van der Waals surface area contributed by atoms with Crippen LogP contribution < -0.4 is 9.47 Å². The lowest BCUT2D eigenvalue weighted by Gasteiger charge is -2.14. The summed E-state index contributed by atoms with van der Waals surface area (Å²) in [5.74, 6) is 0.769. The Balaban J connectivity index is 2.66. The van der Waals surface area contributed by atoms with Gasteiger partial charge in [-0.05, 0) is 26.0 Å². The summed E-state index contributed by atoms with van der Waals surface area (Å²) < 4.78 is 49.1. The first-order valence-corrected chi connectivity index (χ1v) is 6.71. The molecule has 3 nitrogen and oxygen atoms in total. The van der Waals surface area contributed by atoms with Crippen molar-refractivity contribution in [1.29, 1.82) is 0 Å². The topological polar surface area (TPSA) is 31.4 Å². The average molecular weight is 320 g/mol. The number of ether oxygens (including phenoxy) is 2. The lowest BCUT2D eigenvalue weighted by Crippen LogP contribution is -2.08. The Morgan fingerprint density at radius 2 is 1.62 bits per heavy atom. The van der Waals surface area contributed by atoms with Gasteiger partial charge in [0.2, 0.25) is 0 Å². The second kappa shape index (κ2) is 5.97. The van der Waals surface area contributed by atoms with Crippen molar-refractivity contribution in [1.82, 2.24) is 4.98 Å². The standard InChI is InChI=1S/C14H13ClF3NO2/c1-3-20-11-5-8-9(15)6-13(14(16,17)18)19-10(8)7-12(11)21-4-2/h5-7H,3-4H2,1-2H3. The zero-order chi connectivity index (χ0) is 15.6. The fourth-order valence-electron chi connectivity index (χ4n) is 1.87. The molecule has 2 aromatic rings. The van der Waals surface area contributed by atoms with E-state index >= 15 is 0 Å². The highest BCUT2D eigenvalue weighted by Gasteiger charge is 2.33. The Hall–Kier alpha value is -1.69. The summed E-state index contributed by atoms with van der Waals surface area (Å²) in [6, 6.07) is 3.75. The van der Waals surface area contributed by atoms with Crippen LogP contribution in [-0.4, -0.2) is 18.2 Å². The lowest BCUT2D eigenvalue weighted by molar-refractivity contribution is -0.140. The Morgan fingerprint density at radius 3 is 2.14 bits per heavy atom. The minimum atomic E-state index is -4.55. The highest BCUT2D eigenvalue weighted by atomic mass is 35.5. The third kappa shape index (κ3) is 3.32. The molecule has 0 unspecified atom stereocenters. The maximum Gasteiger partial charge on any atom is 0.433 e. The van der Waals surface area contributed by atoms with Crippen LogP contribution in [0.1, 0.15) is 19.5 Å². The maximum atomic E-state index is 12.8. The van der Waals surface area contributed by atoms with Gasteiger partial charge in [0.15, 0.2) is 11.5 Å². The smallest absolute Gasteiger partial charge is 0.433 e. The van der Waals surface area contributed by atoms with Gasteiger partial charge in [-0.3, -0.25) is 0 Å². The van der Waals surface area contributed by atoms with Crippen molar-refractivity contribution in [3.05, 3.63) is 28.9 Å². The van der Waals surface area contributed by atoms with E-state index in [0.717, 1.165) is 6.07 Å². The minimum absolute atomic E-state index is 0.0312. The summed E-state index contributed by atoms with van der Waals surface area (Å²) >= 11 is 5.93. The number of alkyl halides is 3. The van der Waals surface area contributed by atoms with Crippen molar-refractivity contribution in [2.45, 2.75) is 20.0 Å². The molecule has 0 aliphatic carbocycles. The molecule has 0 saturated carbocycles. The van der Waals surface area contributed by atoms with E-state index in [4.69, 9.17) is 21.1 Å². The van der Waals surface area contributed by atoms with E-state index in [-0.39, 0.29) is 10.5 Å². The number of rotatable bonds is 4. The molecule has 0 radical (unpaired) electrons. The number of fused-ring (bicyclic) bond motifs is 1. The lowest BCUT2D eigenvalue weighted by atomic mass is 10.1. The first kappa shape index (κ1) is 15.7. The van der Waals surface area contributed by atoms with Crippen molar-refractivity contribution in [2.75, 3.05) is 13.2 Å². The summed E-state index contributed by atoms with van der Waals surface area (Å²) in [5.41, 5.74) is -0.923. The molecule has 0 bridgehead atoms. The highest BCUT2D eigenvalue weighted by Crippen LogP contribution is 2.38.